The first-order valence-electron chi connectivity index (χ1n) is 11.0. The van der Waals surface area contributed by atoms with E-state index in [2.05, 4.69) is 4.90 Å². The summed E-state index contributed by atoms with van der Waals surface area (Å²) in [7, 11) is 7.42. The zero-order chi connectivity index (χ0) is 24.1. The number of ketones is 1. The number of benzene rings is 2. The van der Waals surface area contributed by atoms with Crippen LogP contribution < -0.4 is 4.74 Å². The van der Waals surface area contributed by atoms with Crippen molar-refractivity contribution in [3.8, 4) is 11.5 Å². The van der Waals surface area contributed by atoms with Crippen LogP contribution in [0, 0.1) is 0 Å². The maximum Gasteiger partial charge on any atom is 0.240 e. The molecule has 2 aromatic rings. The highest BCUT2D eigenvalue weighted by Gasteiger charge is 2.41. The Morgan fingerprint density at radius 3 is 2.27 bits per heavy atom. The summed E-state index contributed by atoms with van der Waals surface area (Å²) >= 11 is 0. The minimum Gasteiger partial charge on any atom is -0.508 e. The van der Waals surface area contributed by atoms with E-state index in [0.717, 1.165) is 16.9 Å². The summed E-state index contributed by atoms with van der Waals surface area (Å²) in [4.78, 5) is 29.2. The Balaban J connectivity index is 1.86. The number of carbonyl (C=O) groups is 2. The molecule has 2 aromatic carbocycles. The van der Waals surface area contributed by atoms with E-state index in [4.69, 9.17) is 4.74 Å². The molecule has 33 heavy (non-hydrogen) atoms. The predicted octanol–water partition coefficient (Wildman–Crippen LogP) is 1.98. The first-order valence-corrected chi connectivity index (χ1v) is 11.0. The van der Waals surface area contributed by atoms with Gasteiger partial charge >= 0.3 is 0 Å². The molecule has 2 atom stereocenters. The largest absolute Gasteiger partial charge is 0.508 e. The molecule has 1 amide bonds. The minimum atomic E-state index is -0.375. The number of hydrogen-bond acceptors (Lipinski definition) is 7. The fraction of sp³-hybridized carbons (Fsp3) is 0.440. The van der Waals surface area contributed by atoms with Crippen LogP contribution in [0.2, 0.25) is 0 Å². The fourth-order valence-corrected chi connectivity index (χ4v) is 4.23. The van der Waals surface area contributed by atoms with Gasteiger partial charge in [0, 0.05) is 20.6 Å². The van der Waals surface area contributed by atoms with E-state index in [1.54, 1.807) is 26.2 Å². The molecule has 0 saturated carbocycles. The molecule has 0 aromatic heterocycles. The van der Waals surface area contributed by atoms with Gasteiger partial charge in [0.15, 0.2) is 0 Å². The van der Waals surface area contributed by atoms with E-state index < -0.39 is 0 Å². The first kappa shape index (κ1) is 24.7. The predicted molar refractivity (Wildman–Crippen MR) is 127 cm³/mol. The van der Waals surface area contributed by atoms with E-state index in [1.807, 2.05) is 72.5 Å². The van der Waals surface area contributed by atoms with E-state index in [0.29, 0.717) is 26.1 Å². The van der Waals surface area contributed by atoms with Gasteiger partial charge < -0.3 is 14.7 Å². The van der Waals surface area contributed by atoms with Crippen molar-refractivity contribution in [2.24, 2.45) is 0 Å². The average molecular weight is 455 g/mol. The monoisotopic (exact) mass is 454 g/mol. The highest BCUT2D eigenvalue weighted by molar-refractivity contribution is 5.83. The van der Waals surface area contributed by atoms with Gasteiger partial charge in [-0.3, -0.25) is 14.5 Å². The lowest BCUT2D eigenvalue weighted by molar-refractivity contribution is -0.163. The number of rotatable bonds is 9. The summed E-state index contributed by atoms with van der Waals surface area (Å²) in [6.45, 7) is 2.87. The number of amides is 1. The summed E-state index contributed by atoms with van der Waals surface area (Å²) in [6, 6.07) is 14.3. The van der Waals surface area contributed by atoms with Gasteiger partial charge in [0.25, 0.3) is 0 Å². The lowest BCUT2D eigenvalue weighted by Crippen LogP contribution is -2.67. The molecule has 1 unspecified atom stereocenters. The van der Waals surface area contributed by atoms with Crippen molar-refractivity contribution in [3.63, 3.8) is 0 Å². The number of likely N-dealkylation sites (N-methyl/N-ethyl adjacent to an activating group) is 3. The number of nitrogens with zero attached hydrogens (tertiary/aromatic N) is 4. The third-order valence-corrected chi connectivity index (χ3v) is 6.26. The van der Waals surface area contributed by atoms with Crippen LogP contribution >= 0.6 is 0 Å². The molecule has 0 bridgehead atoms. The number of phenolic OH excluding ortho intramolecular Hbond substituents is 1. The quantitative estimate of drug-likeness (QED) is 0.581. The van der Waals surface area contributed by atoms with Gasteiger partial charge in [0.1, 0.15) is 17.3 Å². The molecule has 1 saturated heterocycles. The van der Waals surface area contributed by atoms with Gasteiger partial charge in [-0.15, -0.1) is 0 Å². The molecule has 1 N–H and O–H groups in total. The lowest BCUT2D eigenvalue weighted by Gasteiger charge is -2.49. The number of carbonyl (C=O) groups excluding carboxylic acids is 2. The topological polar surface area (TPSA) is 76.6 Å². The van der Waals surface area contributed by atoms with Crippen molar-refractivity contribution in [1.29, 1.82) is 0 Å². The number of aromatic hydroxyl groups is 1. The number of Topliss-reactive ketones (excluding diaryl/α,β-unsaturated/α-hetero) is 1. The Morgan fingerprint density at radius 1 is 1.09 bits per heavy atom. The van der Waals surface area contributed by atoms with Crippen LogP contribution in [0.15, 0.2) is 48.5 Å². The molecule has 1 fully saturated rings. The van der Waals surface area contributed by atoms with Gasteiger partial charge in [-0.1, -0.05) is 24.3 Å². The Hall–Kier alpha value is -2.94. The molecule has 1 aliphatic heterocycles. The molecule has 1 aliphatic rings. The van der Waals surface area contributed by atoms with Crippen LogP contribution in [-0.4, -0.2) is 90.2 Å². The van der Waals surface area contributed by atoms with Crippen LogP contribution in [-0.2, 0) is 22.6 Å². The standard InChI is InChI=1S/C25H34N4O4/c1-18(30)15-26(2)28(4)24-17-29(16-20-8-12-22(33-5)13-9-20)25(32)23(27(24)3)14-19-6-10-21(31)11-7-19/h6-13,23-24,31H,14-17H2,1-5H3/t23-,24?/m0/s1. The van der Waals surface area contributed by atoms with Crippen LogP contribution in [0.3, 0.4) is 0 Å². The van der Waals surface area contributed by atoms with E-state index in [1.165, 1.54) is 0 Å². The van der Waals surface area contributed by atoms with Crippen LogP contribution in [0.5, 0.6) is 11.5 Å². The average Bonchev–Trinajstić information content (AvgIpc) is 2.79. The van der Waals surface area contributed by atoms with E-state index in [-0.39, 0.29) is 29.6 Å². The SMILES string of the molecule is COc1ccc(CN2CC(N(C)N(C)CC(C)=O)N(C)[C@@H](Cc3ccc(O)cc3)C2=O)cc1. The van der Waals surface area contributed by atoms with Crippen molar-refractivity contribution in [2.75, 3.05) is 41.3 Å². The zero-order valence-electron chi connectivity index (χ0n) is 20.1. The van der Waals surface area contributed by atoms with Crippen molar-refractivity contribution in [3.05, 3.63) is 59.7 Å². The normalized spacial score (nSPS) is 19.4. The molecule has 0 spiro atoms. The van der Waals surface area contributed by atoms with E-state index in [9.17, 15) is 14.7 Å². The molecule has 178 valence electrons. The highest BCUT2D eigenvalue weighted by atomic mass is 16.5. The third kappa shape index (κ3) is 6.10. The molecule has 8 heteroatoms. The van der Waals surface area contributed by atoms with E-state index >= 15 is 0 Å². The van der Waals surface area contributed by atoms with Gasteiger partial charge in [0.2, 0.25) is 5.91 Å². The maximum atomic E-state index is 13.6. The summed E-state index contributed by atoms with van der Waals surface area (Å²) in [5, 5.41) is 13.5. The second kappa shape index (κ2) is 10.8. The van der Waals surface area contributed by atoms with Gasteiger partial charge in [-0.25, -0.2) is 10.0 Å². The van der Waals surface area contributed by atoms with Crippen LogP contribution in [0.4, 0.5) is 0 Å². The smallest absolute Gasteiger partial charge is 0.240 e. The van der Waals surface area contributed by atoms with Crippen molar-refractivity contribution in [2.45, 2.75) is 32.1 Å². The number of piperazine rings is 1. The second-order valence-corrected chi connectivity index (χ2v) is 8.69. The van der Waals surface area contributed by atoms with Crippen LogP contribution in [0.25, 0.3) is 0 Å². The third-order valence-electron chi connectivity index (χ3n) is 6.26. The van der Waals surface area contributed by atoms with Gasteiger partial charge in [-0.2, -0.15) is 0 Å². The number of ether oxygens (including phenoxy) is 1. The lowest BCUT2D eigenvalue weighted by atomic mass is 10.00. The fourth-order valence-electron chi connectivity index (χ4n) is 4.23. The zero-order valence-corrected chi connectivity index (χ0v) is 20.1. The van der Waals surface area contributed by atoms with Crippen molar-refractivity contribution in [1.82, 2.24) is 19.8 Å². The Kier molecular flexibility index (Phi) is 8.07. The molecular weight excluding hydrogens is 420 g/mol. The van der Waals surface area contributed by atoms with Crippen molar-refractivity contribution >= 4 is 11.7 Å². The summed E-state index contributed by atoms with van der Waals surface area (Å²) in [5.41, 5.74) is 2.00. The maximum absolute atomic E-state index is 13.6. The van der Waals surface area contributed by atoms with Gasteiger partial charge in [0.05, 0.1) is 32.4 Å². The number of phenols is 1. The molecule has 3 rings (SSSR count). The number of hydrogen-bond donors (Lipinski definition) is 1. The Morgan fingerprint density at radius 2 is 1.70 bits per heavy atom. The Labute approximate surface area is 195 Å². The molecule has 0 radical (unpaired) electrons. The second-order valence-electron chi connectivity index (χ2n) is 8.69. The minimum absolute atomic E-state index is 0.0558. The van der Waals surface area contributed by atoms with Gasteiger partial charge in [-0.05, 0) is 55.8 Å². The Bertz CT molecular complexity index is 948. The number of hydrazine groups is 1. The summed E-state index contributed by atoms with van der Waals surface area (Å²) in [6.07, 6.45) is 0.419. The molecule has 1 heterocycles. The number of methoxy groups -OCH3 is 1. The highest BCUT2D eigenvalue weighted by Crippen LogP contribution is 2.24. The van der Waals surface area contributed by atoms with Crippen LogP contribution in [0.1, 0.15) is 18.1 Å². The van der Waals surface area contributed by atoms with Crippen molar-refractivity contribution < 1.29 is 19.4 Å². The summed E-state index contributed by atoms with van der Waals surface area (Å²) < 4.78 is 5.25. The first-order chi connectivity index (χ1) is 15.7. The molecule has 0 aliphatic carbocycles. The summed E-state index contributed by atoms with van der Waals surface area (Å²) in [5.74, 6) is 1.11. The molecule has 8 nitrogen and oxygen atoms in total. The molecular formula is C25H34N4O4.